The number of halogens is 3. The number of piperazine rings is 1. The van der Waals surface area contributed by atoms with Crippen LogP contribution in [0.5, 0.6) is 0 Å². The average molecular weight is 376 g/mol. The minimum Gasteiger partial charge on any atom is -0.381 e. The second-order valence-corrected chi connectivity index (χ2v) is 6.03. The van der Waals surface area contributed by atoms with Crippen molar-refractivity contribution in [2.75, 3.05) is 39.4 Å². The Balaban J connectivity index is 0.00000144. The van der Waals surface area contributed by atoms with Crippen LogP contribution >= 0.6 is 24.8 Å². The smallest absolute Gasteiger partial charge is 0.140 e. The minimum absolute atomic E-state index is 0. The summed E-state index contributed by atoms with van der Waals surface area (Å²) >= 11 is 0. The zero-order valence-corrected chi connectivity index (χ0v) is 15.2. The van der Waals surface area contributed by atoms with Crippen LogP contribution in [0.15, 0.2) is 18.2 Å². The molecule has 2 aliphatic rings. The maximum Gasteiger partial charge on any atom is 0.140 e. The van der Waals surface area contributed by atoms with E-state index in [2.05, 4.69) is 10.2 Å². The largest absolute Gasteiger partial charge is 0.381 e. The number of ether oxygens (including phenoxy) is 1. The van der Waals surface area contributed by atoms with Gasteiger partial charge in [0.1, 0.15) is 11.9 Å². The number of nitriles is 1. The van der Waals surface area contributed by atoms with Gasteiger partial charge in [0.05, 0.1) is 5.56 Å². The number of nitrogens with one attached hydrogen (secondary N) is 1. The Morgan fingerprint density at radius 2 is 1.88 bits per heavy atom. The van der Waals surface area contributed by atoms with Crippen LogP contribution in [0.4, 0.5) is 4.39 Å². The first-order valence-corrected chi connectivity index (χ1v) is 8.01. The highest BCUT2D eigenvalue weighted by Crippen LogP contribution is 2.35. The summed E-state index contributed by atoms with van der Waals surface area (Å²) in [4.78, 5) is 2.47. The van der Waals surface area contributed by atoms with Gasteiger partial charge in [-0.25, -0.2) is 4.39 Å². The molecule has 0 aliphatic carbocycles. The van der Waals surface area contributed by atoms with E-state index in [0.717, 1.165) is 57.8 Å². The monoisotopic (exact) mass is 375 g/mol. The summed E-state index contributed by atoms with van der Waals surface area (Å²) < 4.78 is 19.1. The summed E-state index contributed by atoms with van der Waals surface area (Å²) in [6.45, 7) is 5.51. The second-order valence-electron chi connectivity index (χ2n) is 6.03. The fraction of sp³-hybridized carbons (Fsp3) is 0.588. The lowest BCUT2D eigenvalue weighted by molar-refractivity contribution is 0.0213. The van der Waals surface area contributed by atoms with E-state index in [-0.39, 0.29) is 36.4 Å². The highest BCUT2D eigenvalue weighted by Gasteiger charge is 2.31. The van der Waals surface area contributed by atoms with Crippen molar-refractivity contribution in [2.45, 2.75) is 18.9 Å². The molecule has 2 saturated heterocycles. The first-order chi connectivity index (χ1) is 10.8. The van der Waals surface area contributed by atoms with Crippen LogP contribution in [0.3, 0.4) is 0 Å². The van der Waals surface area contributed by atoms with Crippen molar-refractivity contribution in [1.29, 1.82) is 5.26 Å². The quantitative estimate of drug-likeness (QED) is 0.882. The van der Waals surface area contributed by atoms with Crippen LogP contribution in [-0.4, -0.2) is 44.3 Å². The van der Waals surface area contributed by atoms with E-state index in [4.69, 9.17) is 10.00 Å². The molecule has 1 N–H and O–H groups in total. The Morgan fingerprint density at radius 1 is 1.21 bits per heavy atom. The van der Waals surface area contributed by atoms with E-state index >= 15 is 0 Å². The fourth-order valence-corrected chi connectivity index (χ4v) is 3.59. The Kier molecular flexibility index (Phi) is 8.96. The molecule has 1 aromatic rings. The van der Waals surface area contributed by atoms with Crippen LogP contribution in [-0.2, 0) is 4.74 Å². The van der Waals surface area contributed by atoms with Gasteiger partial charge in [-0.15, -0.1) is 24.8 Å². The summed E-state index contributed by atoms with van der Waals surface area (Å²) in [7, 11) is 0. The zero-order chi connectivity index (χ0) is 15.4. The van der Waals surface area contributed by atoms with E-state index in [0.29, 0.717) is 5.92 Å². The number of nitrogens with zero attached hydrogens (tertiary/aromatic N) is 2. The molecule has 0 unspecified atom stereocenters. The molecule has 7 heteroatoms. The fourth-order valence-electron chi connectivity index (χ4n) is 3.59. The highest BCUT2D eigenvalue weighted by atomic mass is 35.5. The molecule has 0 aromatic heterocycles. The van der Waals surface area contributed by atoms with E-state index in [1.54, 1.807) is 6.07 Å². The molecule has 0 bridgehead atoms. The predicted molar refractivity (Wildman–Crippen MR) is 96.3 cm³/mol. The van der Waals surface area contributed by atoms with Crippen molar-refractivity contribution >= 4 is 24.8 Å². The highest BCUT2D eigenvalue weighted by molar-refractivity contribution is 5.85. The van der Waals surface area contributed by atoms with Crippen molar-refractivity contribution in [1.82, 2.24) is 10.2 Å². The Bertz CT molecular complexity index is 537. The predicted octanol–water partition coefficient (Wildman–Crippen LogP) is 2.91. The molecule has 0 radical (unpaired) electrons. The van der Waals surface area contributed by atoms with Gasteiger partial charge in [-0.1, -0.05) is 6.07 Å². The van der Waals surface area contributed by atoms with Crippen LogP contribution in [0.2, 0.25) is 0 Å². The van der Waals surface area contributed by atoms with Gasteiger partial charge in [0.2, 0.25) is 0 Å². The Hall–Kier alpha value is -0.900. The topological polar surface area (TPSA) is 48.3 Å². The van der Waals surface area contributed by atoms with Gasteiger partial charge in [0, 0.05) is 45.4 Å². The van der Waals surface area contributed by atoms with E-state index in [1.807, 2.05) is 12.1 Å². The molecule has 1 aromatic carbocycles. The normalized spacial score (nSPS) is 20.3. The van der Waals surface area contributed by atoms with Gasteiger partial charge in [-0.3, -0.25) is 4.90 Å². The van der Waals surface area contributed by atoms with Gasteiger partial charge in [-0.2, -0.15) is 5.26 Å². The SMILES string of the molecule is Cl.Cl.N#Cc1cc([C@@H](C2CCOCC2)N2CCNCC2)ccc1F. The van der Waals surface area contributed by atoms with Gasteiger partial charge in [0.25, 0.3) is 0 Å². The van der Waals surface area contributed by atoms with Gasteiger partial charge in [-0.05, 0) is 36.5 Å². The lowest BCUT2D eigenvalue weighted by Gasteiger charge is -2.41. The molecule has 0 saturated carbocycles. The average Bonchev–Trinajstić information content (AvgIpc) is 2.58. The molecule has 0 amide bonds. The number of rotatable bonds is 3. The number of hydrogen-bond acceptors (Lipinski definition) is 4. The van der Waals surface area contributed by atoms with E-state index in [1.165, 1.54) is 6.07 Å². The Labute approximate surface area is 155 Å². The second kappa shape index (κ2) is 10.2. The first kappa shape index (κ1) is 21.1. The molecule has 2 fully saturated rings. The summed E-state index contributed by atoms with van der Waals surface area (Å²) in [5.41, 5.74) is 1.21. The molecular formula is C17H24Cl2FN3O. The Morgan fingerprint density at radius 3 is 2.50 bits per heavy atom. The van der Waals surface area contributed by atoms with Gasteiger partial charge in [0.15, 0.2) is 0 Å². The molecular weight excluding hydrogens is 352 g/mol. The van der Waals surface area contributed by atoms with E-state index in [9.17, 15) is 4.39 Å². The molecule has 0 spiro atoms. The van der Waals surface area contributed by atoms with Crippen molar-refractivity contribution in [3.8, 4) is 6.07 Å². The van der Waals surface area contributed by atoms with Crippen molar-refractivity contribution in [3.63, 3.8) is 0 Å². The molecule has 2 aliphatic heterocycles. The molecule has 24 heavy (non-hydrogen) atoms. The third-order valence-corrected chi connectivity index (χ3v) is 4.71. The lowest BCUT2D eigenvalue weighted by atomic mass is 9.85. The van der Waals surface area contributed by atoms with Crippen LogP contribution in [0, 0.1) is 23.1 Å². The maximum absolute atomic E-state index is 13.7. The van der Waals surface area contributed by atoms with Crippen molar-refractivity contribution in [3.05, 3.63) is 35.1 Å². The standard InChI is InChI=1S/C17H22FN3O.2ClH/c18-16-2-1-14(11-15(16)12-19)17(13-3-9-22-10-4-13)21-7-5-20-6-8-21;;/h1-2,11,13,17,20H,3-10H2;2*1H/t17-;;/m1../s1. The number of hydrogen-bond donors (Lipinski definition) is 1. The molecule has 4 nitrogen and oxygen atoms in total. The lowest BCUT2D eigenvalue weighted by Crippen LogP contribution is -2.47. The van der Waals surface area contributed by atoms with Crippen LogP contribution in [0.25, 0.3) is 0 Å². The maximum atomic E-state index is 13.7. The minimum atomic E-state index is -0.433. The molecule has 2 heterocycles. The van der Waals surface area contributed by atoms with Gasteiger partial charge < -0.3 is 10.1 Å². The van der Waals surface area contributed by atoms with Crippen LogP contribution in [0.1, 0.15) is 30.0 Å². The van der Waals surface area contributed by atoms with E-state index < -0.39 is 5.82 Å². The zero-order valence-electron chi connectivity index (χ0n) is 13.5. The first-order valence-electron chi connectivity index (χ1n) is 8.01. The summed E-state index contributed by atoms with van der Waals surface area (Å²) in [6.07, 6.45) is 2.04. The molecule has 1 atom stereocenters. The molecule has 3 rings (SSSR count). The summed E-state index contributed by atoms with van der Waals surface area (Å²) in [5.74, 6) is 0.0705. The van der Waals surface area contributed by atoms with Gasteiger partial charge >= 0.3 is 0 Å². The van der Waals surface area contributed by atoms with Crippen LogP contribution < -0.4 is 5.32 Å². The summed E-state index contributed by atoms with van der Waals surface area (Å²) in [6, 6.07) is 7.23. The third-order valence-electron chi connectivity index (χ3n) is 4.71. The molecule has 134 valence electrons. The third kappa shape index (κ3) is 4.81. The summed E-state index contributed by atoms with van der Waals surface area (Å²) in [5, 5.41) is 12.5. The number of benzene rings is 1. The van der Waals surface area contributed by atoms with Crippen molar-refractivity contribution < 1.29 is 9.13 Å². The van der Waals surface area contributed by atoms with Crippen molar-refractivity contribution in [2.24, 2.45) is 5.92 Å².